The number of aromatic nitrogens is 2. The molecule has 150 valence electrons. The normalized spacial score (nSPS) is 10.0. The van der Waals surface area contributed by atoms with E-state index in [4.69, 9.17) is 5.73 Å². The molecule has 0 spiro atoms. The molecule has 0 radical (unpaired) electrons. The number of rotatable bonds is 7. The number of carbonyl (C=O) groups excluding carboxylic acids is 2. The number of hydrogen-bond acceptors (Lipinski definition) is 6. The Labute approximate surface area is 182 Å². The molecule has 0 bridgehead atoms. The molecule has 0 saturated heterocycles. The number of nitrogens with one attached hydrogen (secondary N) is 2. The number of ketones is 1. The maximum atomic E-state index is 11.8. The van der Waals surface area contributed by atoms with Crippen molar-refractivity contribution < 1.29 is 9.59 Å². The highest BCUT2D eigenvalue weighted by molar-refractivity contribution is 9.10. The Morgan fingerprint density at radius 2 is 1.76 bits per heavy atom. The van der Waals surface area contributed by atoms with Crippen LogP contribution in [0.5, 0.6) is 0 Å². The number of nitrogens with two attached hydrogens (primary N) is 1. The van der Waals surface area contributed by atoms with Crippen LogP contribution in [0.25, 0.3) is 0 Å². The van der Waals surface area contributed by atoms with Crippen LogP contribution < -0.4 is 16.4 Å². The number of amides is 1. The minimum Gasteiger partial charge on any atom is -0.369 e. The molecule has 0 unspecified atom stereocenters. The van der Waals surface area contributed by atoms with Gasteiger partial charge in [-0.1, -0.05) is 24.3 Å². The van der Waals surface area contributed by atoms with Crippen LogP contribution in [0.4, 0.5) is 23.1 Å². The lowest BCUT2D eigenvalue weighted by molar-refractivity contribution is -0.117. The van der Waals surface area contributed by atoms with Gasteiger partial charge in [0.15, 0.2) is 5.78 Å². The van der Waals surface area contributed by atoms with Crippen LogP contribution in [0.15, 0.2) is 59.2 Å². The molecule has 3 rings (SSSR count). The topological polar surface area (TPSA) is 110 Å². The standard InChI is InChI=1S/C20H18BrN5O2.ClH/c1-12(27)15-4-2-3-5-17(15)25-19-16(21)11-23-20(26-19)24-14-8-6-13(7-9-14)10-18(22)28;/h2-9,11H,10H2,1H3,(H2,22,28)(H2,23,24,25,26);1H. The first-order valence-corrected chi connectivity index (χ1v) is 9.25. The second-order valence-corrected chi connectivity index (χ2v) is 6.94. The predicted molar refractivity (Wildman–Crippen MR) is 119 cm³/mol. The fourth-order valence-corrected chi connectivity index (χ4v) is 2.87. The van der Waals surface area contributed by atoms with Crippen molar-refractivity contribution in [3.05, 3.63) is 70.3 Å². The van der Waals surface area contributed by atoms with Gasteiger partial charge in [0.1, 0.15) is 5.82 Å². The number of Topliss-reactive ketones (excluding diaryl/α,β-unsaturated/α-hetero) is 1. The summed E-state index contributed by atoms with van der Waals surface area (Å²) in [5.41, 5.74) is 8.04. The highest BCUT2D eigenvalue weighted by atomic mass is 79.9. The van der Waals surface area contributed by atoms with Gasteiger partial charge in [0.25, 0.3) is 0 Å². The van der Waals surface area contributed by atoms with E-state index in [1.165, 1.54) is 6.92 Å². The van der Waals surface area contributed by atoms with Crippen molar-refractivity contribution in [1.29, 1.82) is 0 Å². The van der Waals surface area contributed by atoms with E-state index < -0.39 is 0 Å². The summed E-state index contributed by atoms with van der Waals surface area (Å²) in [6.07, 6.45) is 1.81. The van der Waals surface area contributed by atoms with Crippen LogP contribution in [0, 0.1) is 0 Å². The zero-order valence-electron chi connectivity index (χ0n) is 15.5. The molecule has 0 aliphatic rings. The van der Waals surface area contributed by atoms with Gasteiger partial charge in [0.05, 0.1) is 16.6 Å². The minimum atomic E-state index is -0.376. The zero-order chi connectivity index (χ0) is 20.1. The lowest BCUT2D eigenvalue weighted by Gasteiger charge is -2.12. The van der Waals surface area contributed by atoms with Crippen LogP contribution >= 0.6 is 28.3 Å². The van der Waals surface area contributed by atoms with Crippen molar-refractivity contribution in [1.82, 2.24) is 9.97 Å². The third-order valence-corrected chi connectivity index (χ3v) is 4.47. The first-order valence-electron chi connectivity index (χ1n) is 8.46. The first-order chi connectivity index (χ1) is 13.4. The van der Waals surface area contributed by atoms with E-state index in [-0.39, 0.29) is 30.5 Å². The van der Waals surface area contributed by atoms with E-state index in [9.17, 15) is 9.59 Å². The van der Waals surface area contributed by atoms with Crippen molar-refractivity contribution in [3.63, 3.8) is 0 Å². The monoisotopic (exact) mass is 475 g/mol. The molecule has 2 aromatic carbocycles. The van der Waals surface area contributed by atoms with Gasteiger partial charge in [-0.15, -0.1) is 12.4 Å². The molecular weight excluding hydrogens is 458 g/mol. The van der Waals surface area contributed by atoms with Crippen LogP contribution in [-0.4, -0.2) is 21.7 Å². The van der Waals surface area contributed by atoms with Crippen LogP contribution in [-0.2, 0) is 11.2 Å². The maximum absolute atomic E-state index is 11.8. The SMILES string of the molecule is CC(=O)c1ccccc1Nc1nc(Nc2ccc(CC(N)=O)cc2)ncc1Br.Cl. The molecule has 1 aromatic heterocycles. The third kappa shape index (κ3) is 6.00. The van der Waals surface area contributed by atoms with E-state index in [0.29, 0.717) is 27.5 Å². The Kier molecular flexibility index (Phi) is 7.69. The molecule has 1 amide bonds. The number of benzene rings is 2. The number of carbonyl (C=O) groups is 2. The van der Waals surface area contributed by atoms with Gasteiger partial charge in [0, 0.05) is 17.4 Å². The van der Waals surface area contributed by atoms with Crippen molar-refractivity contribution >= 4 is 63.2 Å². The molecule has 7 nitrogen and oxygen atoms in total. The molecule has 9 heteroatoms. The summed E-state index contributed by atoms with van der Waals surface area (Å²) < 4.78 is 0.660. The molecule has 0 fully saturated rings. The quantitative estimate of drug-likeness (QED) is 0.437. The summed E-state index contributed by atoms with van der Waals surface area (Å²) in [4.78, 5) is 31.5. The van der Waals surface area contributed by atoms with Crippen LogP contribution in [0.3, 0.4) is 0 Å². The zero-order valence-corrected chi connectivity index (χ0v) is 17.9. The van der Waals surface area contributed by atoms with E-state index >= 15 is 0 Å². The number of para-hydroxylation sites is 1. The smallest absolute Gasteiger partial charge is 0.229 e. The molecule has 29 heavy (non-hydrogen) atoms. The Balaban J connectivity index is 0.00000300. The number of halogens is 2. The molecule has 1 heterocycles. The third-order valence-electron chi connectivity index (χ3n) is 3.89. The fraction of sp³-hybridized carbons (Fsp3) is 0.100. The molecule has 0 saturated carbocycles. The van der Waals surface area contributed by atoms with Crippen LogP contribution in [0.2, 0.25) is 0 Å². The highest BCUT2D eigenvalue weighted by Gasteiger charge is 2.11. The minimum absolute atomic E-state index is 0. The van der Waals surface area contributed by atoms with Gasteiger partial charge >= 0.3 is 0 Å². The lowest BCUT2D eigenvalue weighted by Crippen LogP contribution is -2.13. The summed E-state index contributed by atoms with van der Waals surface area (Å²) in [6.45, 7) is 1.52. The van der Waals surface area contributed by atoms with Gasteiger partial charge in [0.2, 0.25) is 11.9 Å². The second kappa shape index (κ2) is 9.99. The highest BCUT2D eigenvalue weighted by Crippen LogP contribution is 2.27. The fourth-order valence-electron chi connectivity index (χ4n) is 2.58. The van der Waals surface area contributed by atoms with Crippen molar-refractivity contribution in [3.8, 4) is 0 Å². The maximum Gasteiger partial charge on any atom is 0.229 e. The Bertz CT molecular complexity index is 1030. The summed E-state index contributed by atoms with van der Waals surface area (Å²) >= 11 is 3.42. The Morgan fingerprint density at radius 1 is 1.07 bits per heavy atom. The van der Waals surface area contributed by atoms with Gasteiger partial charge in [-0.3, -0.25) is 9.59 Å². The molecule has 0 aliphatic heterocycles. The number of nitrogens with zero attached hydrogens (tertiary/aromatic N) is 2. The van der Waals surface area contributed by atoms with E-state index in [0.717, 1.165) is 11.3 Å². The summed E-state index contributed by atoms with van der Waals surface area (Å²) in [5.74, 6) is 0.492. The number of primary amides is 1. The molecular formula is C20H19BrClN5O2. The van der Waals surface area contributed by atoms with Gasteiger partial charge < -0.3 is 16.4 Å². The summed E-state index contributed by atoms with van der Waals surface area (Å²) in [6, 6.07) is 14.5. The summed E-state index contributed by atoms with van der Waals surface area (Å²) in [7, 11) is 0. The number of hydrogen-bond donors (Lipinski definition) is 3. The average molecular weight is 477 g/mol. The molecule has 0 aliphatic carbocycles. The number of anilines is 4. The Hall–Kier alpha value is -2.97. The predicted octanol–water partition coefficient (Wildman–Crippen LogP) is 4.38. The Morgan fingerprint density at radius 3 is 2.41 bits per heavy atom. The largest absolute Gasteiger partial charge is 0.369 e. The molecule has 4 N–H and O–H groups in total. The van der Waals surface area contributed by atoms with Crippen molar-refractivity contribution in [2.45, 2.75) is 13.3 Å². The molecule has 0 atom stereocenters. The average Bonchev–Trinajstić information content (AvgIpc) is 2.66. The van der Waals surface area contributed by atoms with Crippen molar-refractivity contribution in [2.75, 3.05) is 10.6 Å². The van der Waals surface area contributed by atoms with Gasteiger partial charge in [-0.05, 0) is 52.7 Å². The van der Waals surface area contributed by atoms with Crippen molar-refractivity contribution in [2.24, 2.45) is 5.73 Å². The van der Waals surface area contributed by atoms with E-state index in [1.807, 2.05) is 42.5 Å². The van der Waals surface area contributed by atoms with Gasteiger partial charge in [-0.2, -0.15) is 4.98 Å². The van der Waals surface area contributed by atoms with E-state index in [1.54, 1.807) is 12.3 Å². The summed E-state index contributed by atoms with van der Waals surface area (Å²) in [5, 5.41) is 6.28. The second-order valence-electron chi connectivity index (χ2n) is 6.08. The lowest BCUT2D eigenvalue weighted by atomic mass is 10.1. The van der Waals surface area contributed by atoms with Crippen LogP contribution in [0.1, 0.15) is 22.8 Å². The van der Waals surface area contributed by atoms with Gasteiger partial charge in [-0.25, -0.2) is 4.98 Å². The first kappa shape index (κ1) is 22.3. The van der Waals surface area contributed by atoms with E-state index in [2.05, 4.69) is 36.5 Å². The molecule has 3 aromatic rings.